The number of ether oxygens (including phenoxy) is 2. The van der Waals surface area contributed by atoms with E-state index in [1.165, 1.54) is 39.2 Å². The Labute approximate surface area is 265 Å². The molecule has 0 radical (unpaired) electrons. The fourth-order valence-electron chi connectivity index (χ4n) is 9.99. The molecule has 1 aromatic carbocycles. The van der Waals surface area contributed by atoms with Crippen LogP contribution in [0, 0.1) is 46.3 Å². The first-order valence-corrected chi connectivity index (χ1v) is 17.0. The first-order chi connectivity index (χ1) is 20.9. The second kappa shape index (κ2) is 13.0. The minimum atomic E-state index is -0.907. The highest BCUT2D eigenvalue weighted by Crippen LogP contribution is 2.66. The third kappa shape index (κ3) is 6.00. The monoisotopic (exact) mass is 605 g/mol. The molecule has 0 spiro atoms. The molecule has 0 heterocycles. The standard InChI is InChI=1S/C38H55NO5/c1-23(25(3)35(41)39-34(36(42)44-7)26-10-13-29(43-6)14-11-26)8-9-24(2)31-16-17-32-30-15-12-27-22-28(40)18-20-37(27,4)33(30)19-21-38(31,32)5/h10-11,13-14,17,23-24,27-28,30-31,33-34,40H,3,8-9,12,15-16,18-22H2,1-2,4-7H3,(H,39,41)/t23?,24-,27?,28+,30+,31-,33+,34+,37+,38-/m1/s1. The minimum Gasteiger partial charge on any atom is -0.497 e. The molecule has 0 saturated heterocycles. The second-order valence-electron chi connectivity index (χ2n) is 15.1. The summed E-state index contributed by atoms with van der Waals surface area (Å²) in [6, 6.07) is 6.14. The molecule has 6 nitrogen and oxygen atoms in total. The molecule has 0 bridgehead atoms. The molecule has 242 valence electrons. The number of aliphatic hydroxyl groups is 1. The van der Waals surface area contributed by atoms with Crippen LogP contribution >= 0.6 is 0 Å². The van der Waals surface area contributed by atoms with Crippen molar-refractivity contribution in [2.45, 2.75) is 104 Å². The Morgan fingerprint density at radius 3 is 2.45 bits per heavy atom. The molecule has 6 heteroatoms. The van der Waals surface area contributed by atoms with Crippen LogP contribution in [-0.2, 0) is 14.3 Å². The fourth-order valence-corrected chi connectivity index (χ4v) is 9.99. The van der Waals surface area contributed by atoms with Crippen LogP contribution in [0.15, 0.2) is 48.1 Å². The van der Waals surface area contributed by atoms with E-state index in [-0.39, 0.29) is 23.3 Å². The molecule has 0 aromatic heterocycles. The summed E-state index contributed by atoms with van der Waals surface area (Å²) in [4.78, 5) is 25.8. The van der Waals surface area contributed by atoms with Gasteiger partial charge in [-0.2, -0.15) is 0 Å². The quantitative estimate of drug-likeness (QED) is 0.163. The molecule has 2 unspecified atom stereocenters. The summed E-state index contributed by atoms with van der Waals surface area (Å²) in [6.45, 7) is 13.7. The van der Waals surface area contributed by atoms with Gasteiger partial charge in [-0.1, -0.05) is 58.1 Å². The van der Waals surface area contributed by atoms with Gasteiger partial charge in [0.15, 0.2) is 6.04 Å². The van der Waals surface area contributed by atoms with E-state index in [1.807, 2.05) is 0 Å². The average Bonchev–Trinajstić information content (AvgIpc) is 3.39. The number of nitrogens with one attached hydrogen (secondary N) is 1. The van der Waals surface area contributed by atoms with Crippen molar-refractivity contribution in [2.75, 3.05) is 14.2 Å². The lowest BCUT2D eigenvalue weighted by molar-refractivity contribution is -0.145. The van der Waals surface area contributed by atoms with Gasteiger partial charge in [-0.15, -0.1) is 0 Å². The number of methoxy groups -OCH3 is 2. The van der Waals surface area contributed by atoms with Gasteiger partial charge in [0, 0.05) is 5.57 Å². The van der Waals surface area contributed by atoms with Crippen LogP contribution in [0.3, 0.4) is 0 Å². The van der Waals surface area contributed by atoms with E-state index >= 15 is 0 Å². The Morgan fingerprint density at radius 1 is 1.05 bits per heavy atom. The zero-order valence-corrected chi connectivity index (χ0v) is 27.9. The number of hydrogen-bond acceptors (Lipinski definition) is 5. The summed E-state index contributed by atoms with van der Waals surface area (Å²) in [5.41, 5.74) is 3.53. The van der Waals surface area contributed by atoms with Crippen LogP contribution in [0.1, 0.15) is 104 Å². The highest BCUT2D eigenvalue weighted by Gasteiger charge is 2.57. The van der Waals surface area contributed by atoms with Crippen LogP contribution < -0.4 is 10.1 Å². The SMILES string of the molecule is C=C(C(=O)N[C@H](C(=O)OC)c1ccc(OC)cc1)C(C)CC[C@@H](C)[C@H]1CC=C2[C@@H]3CCC4C[C@@H](O)CC[C@]4(C)[C@H]3CC[C@@]21C. The number of amides is 1. The Bertz CT molecular complexity index is 1250. The molecule has 4 aliphatic rings. The number of esters is 1. The largest absolute Gasteiger partial charge is 0.497 e. The molecular formula is C38H55NO5. The van der Waals surface area contributed by atoms with Crippen molar-refractivity contribution in [2.24, 2.45) is 46.3 Å². The zero-order chi connectivity index (χ0) is 31.8. The molecule has 5 rings (SSSR count). The van der Waals surface area contributed by atoms with Crippen molar-refractivity contribution in [1.82, 2.24) is 5.32 Å². The maximum absolute atomic E-state index is 13.3. The van der Waals surface area contributed by atoms with Crippen molar-refractivity contribution in [1.29, 1.82) is 0 Å². The van der Waals surface area contributed by atoms with Crippen molar-refractivity contribution in [3.63, 3.8) is 0 Å². The van der Waals surface area contributed by atoms with Crippen LogP contribution in [0.25, 0.3) is 0 Å². The van der Waals surface area contributed by atoms with Gasteiger partial charge >= 0.3 is 5.97 Å². The third-order valence-electron chi connectivity index (χ3n) is 12.9. The number of fused-ring (bicyclic) bond motifs is 5. The molecule has 44 heavy (non-hydrogen) atoms. The normalized spacial score (nSPS) is 34.7. The third-order valence-corrected chi connectivity index (χ3v) is 12.9. The Morgan fingerprint density at radius 2 is 1.77 bits per heavy atom. The summed E-state index contributed by atoms with van der Waals surface area (Å²) in [7, 11) is 2.91. The molecule has 1 amide bonds. The van der Waals surface area contributed by atoms with Gasteiger partial charge in [-0.25, -0.2) is 4.79 Å². The Kier molecular flexibility index (Phi) is 9.70. The number of carbonyl (C=O) groups is 2. The Balaban J connectivity index is 1.17. The minimum absolute atomic E-state index is 0.000805. The van der Waals surface area contributed by atoms with Gasteiger partial charge in [-0.3, -0.25) is 4.79 Å². The molecule has 10 atom stereocenters. The average molecular weight is 606 g/mol. The van der Waals surface area contributed by atoms with Crippen molar-refractivity contribution in [3.8, 4) is 5.75 Å². The molecule has 2 N–H and O–H groups in total. The molecule has 3 fully saturated rings. The van der Waals surface area contributed by atoms with E-state index in [0.29, 0.717) is 46.0 Å². The van der Waals surface area contributed by atoms with E-state index in [2.05, 4.69) is 45.7 Å². The molecular weight excluding hydrogens is 550 g/mol. The lowest BCUT2D eigenvalue weighted by Gasteiger charge is -2.60. The summed E-state index contributed by atoms with van der Waals surface area (Å²) >= 11 is 0. The van der Waals surface area contributed by atoms with E-state index < -0.39 is 12.0 Å². The topological polar surface area (TPSA) is 84.9 Å². The maximum Gasteiger partial charge on any atom is 0.333 e. The first-order valence-electron chi connectivity index (χ1n) is 17.0. The predicted molar refractivity (Wildman–Crippen MR) is 174 cm³/mol. The summed E-state index contributed by atoms with van der Waals surface area (Å²) in [6.07, 6.45) is 13.9. The van der Waals surface area contributed by atoms with Crippen LogP contribution in [0.5, 0.6) is 5.75 Å². The van der Waals surface area contributed by atoms with E-state index in [0.717, 1.165) is 38.0 Å². The van der Waals surface area contributed by atoms with Crippen LogP contribution in [-0.4, -0.2) is 37.3 Å². The second-order valence-corrected chi connectivity index (χ2v) is 15.1. The van der Waals surface area contributed by atoms with E-state index in [4.69, 9.17) is 9.47 Å². The predicted octanol–water partition coefficient (Wildman–Crippen LogP) is 7.57. The summed E-state index contributed by atoms with van der Waals surface area (Å²) < 4.78 is 10.2. The maximum atomic E-state index is 13.3. The van der Waals surface area contributed by atoms with Gasteiger partial charge in [0.05, 0.1) is 20.3 Å². The van der Waals surface area contributed by atoms with E-state index in [1.54, 1.807) is 36.9 Å². The number of allylic oxidation sites excluding steroid dienone is 2. The van der Waals surface area contributed by atoms with Crippen molar-refractivity contribution >= 4 is 11.9 Å². The van der Waals surface area contributed by atoms with Crippen LogP contribution in [0.4, 0.5) is 0 Å². The number of hydrogen-bond donors (Lipinski definition) is 2. The highest BCUT2D eigenvalue weighted by atomic mass is 16.5. The van der Waals surface area contributed by atoms with Gasteiger partial charge in [-0.05, 0) is 128 Å². The lowest BCUT2D eigenvalue weighted by atomic mass is 9.45. The fraction of sp³-hybridized carbons (Fsp3) is 0.684. The lowest BCUT2D eigenvalue weighted by Crippen LogP contribution is -2.52. The molecule has 1 aromatic rings. The number of carbonyl (C=O) groups excluding carboxylic acids is 2. The van der Waals surface area contributed by atoms with Crippen molar-refractivity contribution < 1.29 is 24.2 Å². The number of benzene rings is 1. The first kappa shape index (κ1) is 32.8. The summed E-state index contributed by atoms with van der Waals surface area (Å²) in [5.74, 6) is 3.16. The smallest absolute Gasteiger partial charge is 0.333 e. The highest BCUT2D eigenvalue weighted by molar-refractivity contribution is 5.96. The van der Waals surface area contributed by atoms with Gasteiger partial charge in [0.2, 0.25) is 5.91 Å². The molecule has 0 aliphatic heterocycles. The zero-order valence-electron chi connectivity index (χ0n) is 27.9. The Hall–Kier alpha value is -2.60. The van der Waals surface area contributed by atoms with E-state index in [9.17, 15) is 14.7 Å². The van der Waals surface area contributed by atoms with Gasteiger partial charge in [0.25, 0.3) is 0 Å². The van der Waals surface area contributed by atoms with Gasteiger partial charge < -0.3 is 19.9 Å². The van der Waals surface area contributed by atoms with Crippen molar-refractivity contribution in [3.05, 3.63) is 53.6 Å². The molecule has 3 saturated carbocycles. The summed E-state index contributed by atoms with van der Waals surface area (Å²) in [5, 5.41) is 13.2. The van der Waals surface area contributed by atoms with Gasteiger partial charge in [0.1, 0.15) is 5.75 Å². The molecule has 4 aliphatic carbocycles. The number of rotatable bonds is 10. The number of aliphatic hydroxyl groups excluding tert-OH is 1. The van der Waals surface area contributed by atoms with Crippen LogP contribution in [0.2, 0.25) is 0 Å².